The summed E-state index contributed by atoms with van der Waals surface area (Å²) in [4.78, 5) is 16.5. The average molecular weight is 404 g/mol. The first-order valence-electron chi connectivity index (χ1n) is 8.17. The third kappa shape index (κ3) is 4.64. The predicted molar refractivity (Wildman–Crippen MR) is 104 cm³/mol. The minimum Gasteiger partial charge on any atom is -0.489 e. The van der Waals surface area contributed by atoms with Crippen molar-refractivity contribution in [3.63, 3.8) is 0 Å². The van der Waals surface area contributed by atoms with E-state index in [0.29, 0.717) is 22.8 Å². The molecule has 0 bridgehead atoms. The molecule has 3 rings (SSSR count). The molecule has 0 radical (unpaired) electrons. The minimum absolute atomic E-state index is 0.0810. The Bertz CT molecular complexity index is 968. The highest BCUT2D eigenvalue weighted by Crippen LogP contribution is 2.37. The lowest BCUT2D eigenvalue weighted by atomic mass is 10.2. The number of hydrogen-bond donors (Lipinski definition) is 1. The number of carbonyl (C=O) groups is 1. The largest absolute Gasteiger partial charge is 0.489 e. The lowest BCUT2D eigenvalue weighted by Gasteiger charge is -2.09. The number of amides is 1. The predicted octanol–water partition coefficient (Wildman–Crippen LogP) is 5.16. The Balaban J connectivity index is 1.88. The van der Waals surface area contributed by atoms with E-state index in [2.05, 4.69) is 16.9 Å². The quantitative estimate of drug-likeness (QED) is 0.553. The maximum absolute atomic E-state index is 13.1. The highest BCUT2D eigenvalue weighted by molar-refractivity contribution is 8.18. The molecule has 144 valence electrons. The Hall–Kier alpha value is -3.00. The number of amidine groups is 1. The zero-order chi connectivity index (χ0) is 20.1. The summed E-state index contributed by atoms with van der Waals surface area (Å²) in [6, 6.07) is 12.1. The number of alkyl halides is 3. The van der Waals surface area contributed by atoms with Gasteiger partial charge >= 0.3 is 6.18 Å². The normalized spacial score (nSPS) is 17.0. The molecule has 4 nitrogen and oxygen atoms in total. The van der Waals surface area contributed by atoms with Crippen molar-refractivity contribution in [3.05, 3.63) is 77.2 Å². The van der Waals surface area contributed by atoms with Crippen molar-refractivity contribution in [3.8, 4) is 5.75 Å². The van der Waals surface area contributed by atoms with Crippen LogP contribution in [0, 0.1) is 0 Å². The first kappa shape index (κ1) is 19.8. The zero-order valence-corrected chi connectivity index (χ0v) is 15.3. The molecule has 0 aliphatic carbocycles. The number of thioether (sulfide) groups is 1. The molecule has 28 heavy (non-hydrogen) atoms. The van der Waals surface area contributed by atoms with E-state index in [0.717, 1.165) is 17.8 Å². The van der Waals surface area contributed by atoms with Crippen LogP contribution in [0.15, 0.2) is 71.1 Å². The van der Waals surface area contributed by atoms with E-state index in [4.69, 9.17) is 4.74 Å². The molecule has 2 aromatic rings. The Morgan fingerprint density at radius 1 is 1.14 bits per heavy atom. The van der Waals surface area contributed by atoms with Crippen molar-refractivity contribution in [1.82, 2.24) is 5.32 Å². The van der Waals surface area contributed by atoms with Gasteiger partial charge in [-0.05, 0) is 36.0 Å². The second-order valence-corrected chi connectivity index (χ2v) is 6.66. The van der Waals surface area contributed by atoms with Gasteiger partial charge in [0.1, 0.15) is 12.4 Å². The number of nitrogens with one attached hydrogen (secondary N) is 1. The van der Waals surface area contributed by atoms with Crippen molar-refractivity contribution >= 4 is 34.6 Å². The molecule has 1 fully saturated rings. The fourth-order valence-electron chi connectivity index (χ4n) is 2.42. The summed E-state index contributed by atoms with van der Waals surface area (Å²) in [6.07, 6.45) is -1.32. The Morgan fingerprint density at radius 3 is 2.61 bits per heavy atom. The van der Waals surface area contributed by atoms with Crippen LogP contribution in [0.25, 0.3) is 6.08 Å². The number of carbonyl (C=O) groups excluding carboxylic acids is 1. The molecular formula is C20H15F3N2O2S. The lowest BCUT2D eigenvalue weighted by Crippen LogP contribution is -2.19. The second kappa shape index (κ2) is 8.35. The number of halogens is 3. The van der Waals surface area contributed by atoms with Gasteiger partial charge in [-0.25, -0.2) is 4.99 Å². The highest BCUT2D eigenvalue weighted by atomic mass is 32.2. The minimum atomic E-state index is -4.53. The Labute approximate surface area is 163 Å². The molecule has 0 unspecified atom stereocenters. The van der Waals surface area contributed by atoms with Crippen LogP contribution in [0.2, 0.25) is 0 Å². The summed E-state index contributed by atoms with van der Waals surface area (Å²) in [7, 11) is 0. The standard InChI is InChI=1S/C20H15F3N2O2S/c1-2-11-27-16-10-6-3-7-13(16)12-17-18(26)25-19(28-17)24-15-9-5-4-8-14(15)20(21,22)23/h2-10,12H,1,11H2,(H,24,25,26)/b17-12-. The zero-order valence-electron chi connectivity index (χ0n) is 14.5. The summed E-state index contributed by atoms with van der Waals surface area (Å²) < 4.78 is 44.9. The van der Waals surface area contributed by atoms with Crippen LogP contribution in [0.5, 0.6) is 5.75 Å². The van der Waals surface area contributed by atoms with E-state index in [1.807, 2.05) is 0 Å². The monoisotopic (exact) mass is 404 g/mol. The smallest absolute Gasteiger partial charge is 0.418 e. The second-order valence-electron chi connectivity index (χ2n) is 5.63. The number of aliphatic imine (C=N–C) groups is 1. The van der Waals surface area contributed by atoms with Crippen molar-refractivity contribution in [2.45, 2.75) is 6.18 Å². The summed E-state index contributed by atoms with van der Waals surface area (Å²) in [5, 5.41) is 2.58. The van der Waals surface area contributed by atoms with Gasteiger partial charge in [0.05, 0.1) is 16.2 Å². The van der Waals surface area contributed by atoms with Crippen LogP contribution in [0.3, 0.4) is 0 Å². The molecule has 0 atom stereocenters. The molecule has 1 aliphatic heterocycles. The van der Waals surface area contributed by atoms with Crippen molar-refractivity contribution < 1.29 is 22.7 Å². The van der Waals surface area contributed by atoms with E-state index in [-0.39, 0.29) is 10.9 Å². The lowest BCUT2D eigenvalue weighted by molar-refractivity contribution is -0.137. The summed E-state index contributed by atoms with van der Waals surface area (Å²) in [6.45, 7) is 3.90. The number of ether oxygens (including phenoxy) is 1. The van der Waals surface area contributed by atoms with Crippen molar-refractivity contribution in [2.75, 3.05) is 6.61 Å². The van der Waals surface area contributed by atoms with Gasteiger partial charge in [0.25, 0.3) is 5.91 Å². The maximum atomic E-state index is 13.1. The fraction of sp³-hybridized carbons (Fsp3) is 0.100. The van der Waals surface area contributed by atoms with Gasteiger partial charge in [0, 0.05) is 5.56 Å². The number of hydrogen-bond acceptors (Lipinski definition) is 4. The van der Waals surface area contributed by atoms with Gasteiger partial charge in [-0.2, -0.15) is 13.2 Å². The van der Waals surface area contributed by atoms with Gasteiger partial charge in [0.15, 0.2) is 5.17 Å². The van der Waals surface area contributed by atoms with E-state index >= 15 is 0 Å². The third-order valence-corrected chi connectivity index (χ3v) is 4.55. The van der Waals surface area contributed by atoms with E-state index in [9.17, 15) is 18.0 Å². The number of nitrogens with zero attached hydrogens (tertiary/aromatic N) is 1. The highest BCUT2D eigenvalue weighted by Gasteiger charge is 2.34. The molecule has 1 N–H and O–H groups in total. The molecular weight excluding hydrogens is 389 g/mol. The van der Waals surface area contributed by atoms with Crippen molar-refractivity contribution in [2.24, 2.45) is 4.99 Å². The van der Waals surface area contributed by atoms with Gasteiger partial charge in [-0.15, -0.1) is 0 Å². The molecule has 1 aliphatic rings. The molecule has 1 saturated heterocycles. The average Bonchev–Trinajstić information content (AvgIpc) is 2.99. The Morgan fingerprint density at radius 2 is 1.86 bits per heavy atom. The molecule has 2 aromatic carbocycles. The topological polar surface area (TPSA) is 50.7 Å². The molecule has 0 saturated carbocycles. The number of rotatable bonds is 5. The van der Waals surface area contributed by atoms with Gasteiger partial charge in [-0.1, -0.05) is 43.0 Å². The third-order valence-electron chi connectivity index (χ3n) is 3.64. The van der Waals surface area contributed by atoms with E-state index < -0.39 is 17.6 Å². The van der Waals surface area contributed by atoms with Crippen molar-refractivity contribution in [1.29, 1.82) is 0 Å². The summed E-state index contributed by atoms with van der Waals surface area (Å²) >= 11 is 0.968. The van der Waals surface area contributed by atoms with Crippen LogP contribution in [-0.2, 0) is 11.0 Å². The van der Waals surface area contributed by atoms with Crippen LogP contribution in [0.4, 0.5) is 18.9 Å². The van der Waals surface area contributed by atoms with Gasteiger partial charge in [0.2, 0.25) is 0 Å². The number of benzene rings is 2. The van der Waals surface area contributed by atoms with E-state index in [1.54, 1.807) is 36.4 Å². The molecule has 1 heterocycles. The summed E-state index contributed by atoms with van der Waals surface area (Å²) in [5.41, 5.74) is -0.453. The molecule has 0 aromatic heterocycles. The maximum Gasteiger partial charge on any atom is 0.418 e. The molecule has 8 heteroatoms. The summed E-state index contributed by atoms with van der Waals surface area (Å²) in [5.74, 6) is 0.128. The van der Waals surface area contributed by atoms with E-state index in [1.165, 1.54) is 18.2 Å². The Kier molecular flexibility index (Phi) is 5.89. The van der Waals surface area contributed by atoms with Gasteiger partial charge < -0.3 is 10.1 Å². The van der Waals surface area contributed by atoms with Crippen LogP contribution < -0.4 is 10.1 Å². The van der Waals surface area contributed by atoms with Crippen LogP contribution in [0.1, 0.15) is 11.1 Å². The van der Waals surface area contributed by atoms with Gasteiger partial charge in [-0.3, -0.25) is 4.79 Å². The molecule has 0 spiro atoms. The van der Waals surface area contributed by atoms with Crippen LogP contribution >= 0.6 is 11.8 Å². The fourth-order valence-corrected chi connectivity index (χ4v) is 3.25. The molecule has 1 amide bonds. The van der Waals surface area contributed by atoms with Crippen LogP contribution in [-0.4, -0.2) is 17.7 Å². The first-order chi connectivity index (χ1) is 13.4. The SMILES string of the molecule is C=CCOc1ccccc1/C=C1\SC(=Nc2ccccc2C(F)(F)F)NC1=O. The first-order valence-corrected chi connectivity index (χ1v) is 8.98. The number of para-hydroxylation sites is 2.